The zero-order valence-corrected chi connectivity index (χ0v) is 9.92. The Morgan fingerprint density at radius 3 is 2.60 bits per heavy atom. The van der Waals surface area contributed by atoms with Gasteiger partial charge in [0.15, 0.2) is 0 Å². The highest BCUT2D eigenvalue weighted by Crippen LogP contribution is 2.29. The van der Waals surface area contributed by atoms with Gasteiger partial charge in [0, 0.05) is 18.1 Å². The van der Waals surface area contributed by atoms with Crippen molar-refractivity contribution in [2.24, 2.45) is 0 Å². The summed E-state index contributed by atoms with van der Waals surface area (Å²) in [5, 5.41) is 0.770. The number of morpholine rings is 1. The van der Waals surface area contributed by atoms with Crippen LogP contribution in [0.2, 0.25) is 5.02 Å². The van der Waals surface area contributed by atoms with Crippen LogP contribution >= 0.6 is 11.6 Å². The van der Waals surface area contributed by atoms with E-state index in [1.807, 2.05) is 24.3 Å². The van der Waals surface area contributed by atoms with Gasteiger partial charge in [0.2, 0.25) is 0 Å². The molecule has 1 unspecified atom stereocenters. The molecule has 15 heavy (non-hydrogen) atoms. The Bertz CT molecular complexity index is 338. The van der Waals surface area contributed by atoms with E-state index in [4.69, 9.17) is 16.3 Å². The summed E-state index contributed by atoms with van der Waals surface area (Å²) in [4.78, 5) is 2.29. The fraction of sp³-hybridized carbons (Fsp3) is 0.500. The molecular weight excluding hydrogens is 210 g/mol. The topological polar surface area (TPSA) is 12.5 Å². The summed E-state index contributed by atoms with van der Waals surface area (Å²) < 4.78 is 5.88. The summed E-state index contributed by atoms with van der Waals surface area (Å²) in [5.74, 6) is 0. The van der Waals surface area contributed by atoms with E-state index >= 15 is 0 Å². The van der Waals surface area contributed by atoms with Crippen molar-refractivity contribution in [3.8, 4) is 0 Å². The van der Waals surface area contributed by atoms with Crippen LogP contribution in [0.5, 0.6) is 0 Å². The van der Waals surface area contributed by atoms with Crippen LogP contribution < -0.4 is 0 Å². The fourth-order valence-corrected chi connectivity index (χ4v) is 2.17. The number of nitrogens with zero attached hydrogens (tertiary/aromatic N) is 1. The predicted molar refractivity (Wildman–Crippen MR) is 62.3 cm³/mol. The standard InChI is InChI=1S/C12H16ClNO/c1-12(9-14(2)7-8-15-12)10-3-5-11(13)6-4-10/h3-6H,7-9H2,1-2H3. The quantitative estimate of drug-likeness (QED) is 0.728. The normalized spacial score (nSPS) is 27.9. The zero-order chi connectivity index (χ0) is 10.9. The molecule has 1 aromatic rings. The van der Waals surface area contributed by atoms with Gasteiger partial charge in [-0.05, 0) is 31.7 Å². The molecule has 0 amide bonds. The van der Waals surface area contributed by atoms with E-state index in [0.29, 0.717) is 0 Å². The molecule has 2 nitrogen and oxygen atoms in total. The zero-order valence-electron chi connectivity index (χ0n) is 9.16. The van der Waals surface area contributed by atoms with E-state index < -0.39 is 0 Å². The van der Waals surface area contributed by atoms with Gasteiger partial charge in [-0.3, -0.25) is 0 Å². The highest BCUT2D eigenvalue weighted by Gasteiger charge is 2.32. The first-order valence-electron chi connectivity index (χ1n) is 5.19. The second kappa shape index (κ2) is 4.12. The fourth-order valence-electron chi connectivity index (χ4n) is 2.04. The number of rotatable bonds is 1. The van der Waals surface area contributed by atoms with Gasteiger partial charge in [-0.2, -0.15) is 0 Å². The van der Waals surface area contributed by atoms with E-state index in [1.54, 1.807) is 0 Å². The second-order valence-corrected chi connectivity index (χ2v) is 4.76. The molecule has 3 heteroatoms. The average molecular weight is 226 g/mol. The number of halogens is 1. The van der Waals surface area contributed by atoms with Crippen LogP contribution in [-0.2, 0) is 10.3 Å². The maximum absolute atomic E-state index is 5.88. The van der Waals surface area contributed by atoms with E-state index in [1.165, 1.54) is 5.56 Å². The first-order valence-corrected chi connectivity index (χ1v) is 5.56. The molecule has 1 fully saturated rings. The summed E-state index contributed by atoms with van der Waals surface area (Å²) in [6.45, 7) is 4.85. The highest BCUT2D eigenvalue weighted by atomic mass is 35.5. The maximum Gasteiger partial charge on any atom is 0.103 e. The number of ether oxygens (including phenoxy) is 1. The Hall–Kier alpha value is -0.570. The van der Waals surface area contributed by atoms with E-state index in [9.17, 15) is 0 Å². The van der Waals surface area contributed by atoms with Gasteiger partial charge < -0.3 is 9.64 Å². The Morgan fingerprint density at radius 2 is 2.00 bits per heavy atom. The SMILES string of the molecule is CN1CCOC(C)(c2ccc(Cl)cc2)C1. The molecule has 1 aliphatic heterocycles. The van der Waals surface area contributed by atoms with Crippen molar-refractivity contribution in [1.82, 2.24) is 4.90 Å². The third-order valence-corrected chi connectivity index (χ3v) is 3.17. The van der Waals surface area contributed by atoms with E-state index in [0.717, 1.165) is 24.7 Å². The minimum atomic E-state index is -0.197. The van der Waals surface area contributed by atoms with E-state index in [2.05, 4.69) is 18.9 Å². The molecule has 2 rings (SSSR count). The van der Waals surface area contributed by atoms with Gasteiger partial charge in [-0.1, -0.05) is 23.7 Å². The lowest BCUT2D eigenvalue weighted by atomic mass is 9.94. The van der Waals surface area contributed by atoms with Crippen molar-refractivity contribution in [2.75, 3.05) is 26.7 Å². The molecule has 82 valence electrons. The van der Waals surface area contributed by atoms with Crippen LogP contribution in [0.3, 0.4) is 0 Å². The monoisotopic (exact) mass is 225 g/mol. The summed E-state index contributed by atoms with van der Waals surface area (Å²) in [6, 6.07) is 7.92. The van der Waals surface area contributed by atoms with Crippen LogP contribution in [0.1, 0.15) is 12.5 Å². The van der Waals surface area contributed by atoms with Crippen molar-refractivity contribution in [1.29, 1.82) is 0 Å². The number of benzene rings is 1. The summed E-state index contributed by atoms with van der Waals surface area (Å²) in [5.41, 5.74) is 0.996. The number of hydrogen-bond acceptors (Lipinski definition) is 2. The molecule has 1 atom stereocenters. The Kier molecular flexibility index (Phi) is 3.01. The van der Waals surface area contributed by atoms with Crippen LogP contribution in [0, 0.1) is 0 Å². The Balaban J connectivity index is 2.24. The van der Waals surface area contributed by atoms with Crippen molar-refractivity contribution in [2.45, 2.75) is 12.5 Å². The lowest BCUT2D eigenvalue weighted by Gasteiger charge is -2.39. The number of hydrogen-bond donors (Lipinski definition) is 0. The number of likely N-dealkylation sites (N-methyl/N-ethyl adjacent to an activating group) is 1. The molecular formula is C12H16ClNO. The van der Waals surface area contributed by atoms with Gasteiger partial charge in [0.25, 0.3) is 0 Å². The molecule has 1 saturated heterocycles. The maximum atomic E-state index is 5.88. The minimum Gasteiger partial charge on any atom is -0.368 e. The average Bonchev–Trinajstić information content (AvgIpc) is 2.18. The molecule has 0 bridgehead atoms. The molecule has 0 spiro atoms. The molecule has 1 aromatic carbocycles. The molecule has 0 saturated carbocycles. The summed E-state index contributed by atoms with van der Waals surface area (Å²) in [6.07, 6.45) is 0. The van der Waals surface area contributed by atoms with Gasteiger partial charge in [0.05, 0.1) is 6.61 Å². The van der Waals surface area contributed by atoms with Crippen LogP contribution in [0.4, 0.5) is 0 Å². The smallest absolute Gasteiger partial charge is 0.103 e. The van der Waals surface area contributed by atoms with Crippen molar-refractivity contribution < 1.29 is 4.74 Å². The van der Waals surface area contributed by atoms with Crippen molar-refractivity contribution in [3.05, 3.63) is 34.9 Å². The first-order chi connectivity index (χ1) is 7.10. The van der Waals surface area contributed by atoms with Gasteiger partial charge in [-0.15, -0.1) is 0 Å². The van der Waals surface area contributed by atoms with Crippen LogP contribution in [0.25, 0.3) is 0 Å². The molecule has 0 aliphatic carbocycles. The molecule has 1 heterocycles. The van der Waals surface area contributed by atoms with Gasteiger partial charge in [-0.25, -0.2) is 0 Å². The van der Waals surface area contributed by atoms with Crippen LogP contribution in [0.15, 0.2) is 24.3 Å². The highest BCUT2D eigenvalue weighted by molar-refractivity contribution is 6.30. The summed E-state index contributed by atoms with van der Waals surface area (Å²) >= 11 is 5.87. The minimum absolute atomic E-state index is 0.197. The largest absolute Gasteiger partial charge is 0.368 e. The van der Waals surface area contributed by atoms with Crippen LogP contribution in [-0.4, -0.2) is 31.6 Å². The predicted octanol–water partition coefficient (Wildman–Crippen LogP) is 2.52. The molecule has 0 radical (unpaired) electrons. The van der Waals surface area contributed by atoms with Crippen molar-refractivity contribution in [3.63, 3.8) is 0 Å². The van der Waals surface area contributed by atoms with Gasteiger partial charge in [0.1, 0.15) is 5.60 Å². The first kappa shape index (κ1) is 10.9. The Labute approximate surface area is 95.8 Å². The summed E-state index contributed by atoms with van der Waals surface area (Å²) in [7, 11) is 2.12. The van der Waals surface area contributed by atoms with Gasteiger partial charge >= 0.3 is 0 Å². The molecule has 0 aromatic heterocycles. The molecule has 1 aliphatic rings. The lowest BCUT2D eigenvalue weighted by Crippen LogP contribution is -2.46. The third-order valence-electron chi connectivity index (χ3n) is 2.92. The Morgan fingerprint density at radius 1 is 1.33 bits per heavy atom. The molecule has 0 N–H and O–H groups in total. The third kappa shape index (κ3) is 2.33. The van der Waals surface area contributed by atoms with Crippen molar-refractivity contribution >= 4 is 11.6 Å². The van der Waals surface area contributed by atoms with E-state index in [-0.39, 0.29) is 5.60 Å². The lowest BCUT2D eigenvalue weighted by molar-refractivity contribution is -0.0963. The second-order valence-electron chi connectivity index (χ2n) is 4.32.